The third-order valence-electron chi connectivity index (χ3n) is 3.29. The van der Waals surface area contributed by atoms with Gasteiger partial charge >= 0.3 is 0 Å². The van der Waals surface area contributed by atoms with Gasteiger partial charge in [0.2, 0.25) is 10.0 Å². The van der Waals surface area contributed by atoms with E-state index in [0.29, 0.717) is 28.4 Å². The summed E-state index contributed by atoms with van der Waals surface area (Å²) in [5.74, 6) is 0.743. The van der Waals surface area contributed by atoms with Crippen LogP contribution >= 0.6 is 15.9 Å². The molecule has 1 aliphatic carbocycles. The van der Waals surface area contributed by atoms with Crippen LogP contribution in [0.25, 0.3) is 0 Å². The molecule has 118 valence electrons. The third-order valence-corrected chi connectivity index (χ3v) is 5.34. The summed E-state index contributed by atoms with van der Waals surface area (Å²) in [5, 5.41) is 3.38. The molecule has 0 bridgehead atoms. The Morgan fingerprint density at radius 2 is 2.10 bits per heavy atom. The molecule has 1 aromatic rings. The van der Waals surface area contributed by atoms with Crippen LogP contribution < -0.4 is 14.8 Å². The summed E-state index contributed by atoms with van der Waals surface area (Å²) in [5.41, 5.74) is 0.505. The normalized spacial score (nSPS) is 15.0. The van der Waals surface area contributed by atoms with Gasteiger partial charge in [-0.05, 0) is 60.3 Å². The fourth-order valence-electron chi connectivity index (χ4n) is 1.94. The van der Waals surface area contributed by atoms with Crippen LogP contribution in [-0.4, -0.2) is 33.9 Å². The Labute approximate surface area is 134 Å². The molecule has 1 aromatic carbocycles. The van der Waals surface area contributed by atoms with Crippen molar-refractivity contribution in [2.75, 3.05) is 24.1 Å². The second kappa shape index (κ2) is 7.47. The minimum absolute atomic E-state index is 0.128. The van der Waals surface area contributed by atoms with E-state index >= 15 is 0 Å². The van der Waals surface area contributed by atoms with Crippen molar-refractivity contribution in [3.63, 3.8) is 0 Å². The van der Waals surface area contributed by atoms with Gasteiger partial charge in [0.1, 0.15) is 5.75 Å². The van der Waals surface area contributed by atoms with E-state index in [1.54, 1.807) is 25.3 Å². The first kappa shape index (κ1) is 16.6. The zero-order valence-corrected chi connectivity index (χ0v) is 14.5. The van der Waals surface area contributed by atoms with Crippen molar-refractivity contribution < 1.29 is 13.2 Å². The minimum Gasteiger partial charge on any atom is -0.497 e. The maximum absolute atomic E-state index is 12.1. The Hall–Kier alpha value is -0.790. The number of halogens is 1. The molecule has 5 nitrogen and oxygen atoms in total. The fourth-order valence-corrected chi connectivity index (χ4v) is 3.61. The molecule has 2 rings (SSSR count). The summed E-state index contributed by atoms with van der Waals surface area (Å²) in [7, 11) is -1.78. The maximum Gasteiger partial charge on any atom is 0.232 e. The Morgan fingerprint density at radius 3 is 2.76 bits per heavy atom. The van der Waals surface area contributed by atoms with Crippen LogP contribution in [0.15, 0.2) is 22.7 Å². The van der Waals surface area contributed by atoms with Crippen LogP contribution in [0.3, 0.4) is 0 Å². The lowest BCUT2D eigenvalue weighted by Gasteiger charge is -2.11. The van der Waals surface area contributed by atoms with E-state index in [1.807, 2.05) is 0 Å². The van der Waals surface area contributed by atoms with Gasteiger partial charge in [0.25, 0.3) is 0 Å². The average molecular weight is 377 g/mol. The molecule has 0 aromatic heterocycles. The molecule has 0 saturated heterocycles. The molecule has 0 aliphatic heterocycles. The predicted octanol–water partition coefficient (Wildman–Crippen LogP) is 2.73. The van der Waals surface area contributed by atoms with Gasteiger partial charge in [0.15, 0.2) is 0 Å². The molecule has 1 fully saturated rings. The highest BCUT2D eigenvalue weighted by Crippen LogP contribution is 2.28. The van der Waals surface area contributed by atoms with E-state index in [9.17, 15) is 8.42 Å². The molecule has 1 aliphatic rings. The van der Waals surface area contributed by atoms with Crippen molar-refractivity contribution in [2.45, 2.75) is 31.7 Å². The van der Waals surface area contributed by atoms with E-state index in [0.717, 1.165) is 13.0 Å². The maximum atomic E-state index is 12.1. The zero-order chi connectivity index (χ0) is 15.3. The van der Waals surface area contributed by atoms with Crippen LogP contribution in [0.2, 0.25) is 0 Å². The summed E-state index contributed by atoms with van der Waals surface area (Å²) < 4.78 is 32.5. The number of nitrogens with one attached hydrogen (secondary N) is 2. The number of methoxy groups -OCH3 is 1. The van der Waals surface area contributed by atoms with E-state index in [2.05, 4.69) is 26.0 Å². The number of hydrogen-bond acceptors (Lipinski definition) is 4. The number of rotatable bonds is 9. The molecule has 0 radical (unpaired) electrons. The fraction of sp³-hybridized carbons (Fsp3) is 0.571. The monoisotopic (exact) mass is 376 g/mol. The van der Waals surface area contributed by atoms with Gasteiger partial charge < -0.3 is 10.1 Å². The zero-order valence-electron chi connectivity index (χ0n) is 12.1. The Balaban J connectivity index is 1.81. The minimum atomic E-state index is -3.33. The largest absolute Gasteiger partial charge is 0.497 e. The first-order valence-electron chi connectivity index (χ1n) is 7.07. The van der Waals surface area contributed by atoms with Gasteiger partial charge in [-0.1, -0.05) is 0 Å². The van der Waals surface area contributed by atoms with Gasteiger partial charge in [-0.15, -0.1) is 0 Å². The Morgan fingerprint density at radius 1 is 1.33 bits per heavy atom. The van der Waals surface area contributed by atoms with Crippen LogP contribution in [0.5, 0.6) is 5.75 Å². The highest BCUT2D eigenvalue weighted by atomic mass is 79.9. The number of hydrogen-bond donors (Lipinski definition) is 2. The number of benzene rings is 1. The molecule has 0 heterocycles. The molecular weight excluding hydrogens is 356 g/mol. The second-order valence-corrected chi connectivity index (χ2v) is 7.90. The quantitative estimate of drug-likeness (QED) is 0.650. The predicted molar refractivity (Wildman–Crippen MR) is 88.4 cm³/mol. The van der Waals surface area contributed by atoms with Crippen LogP contribution in [0, 0.1) is 0 Å². The van der Waals surface area contributed by atoms with Crippen molar-refractivity contribution in [1.82, 2.24) is 5.32 Å². The van der Waals surface area contributed by atoms with Gasteiger partial charge in [-0.3, -0.25) is 4.72 Å². The summed E-state index contributed by atoms with van der Waals surface area (Å²) >= 11 is 3.34. The molecule has 0 atom stereocenters. The lowest BCUT2D eigenvalue weighted by Crippen LogP contribution is -2.20. The van der Waals surface area contributed by atoms with E-state index in [1.165, 1.54) is 12.8 Å². The van der Waals surface area contributed by atoms with Gasteiger partial charge in [0.05, 0.1) is 18.6 Å². The van der Waals surface area contributed by atoms with Gasteiger partial charge in [0, 0.05) is 16.6 Å². The lowest BCUT2D eigenvalue weighted by atomic mass is 10.3. The van der Waals surface area contributed by atoms with Crippen LogP contribution in [0.4, 0.5) is 5.69 Å². The molecule has 1 saturated carbocycles. The molecule has 21 heavy (non-hydrogen) atoms. The standard InChI is InChI=1S/C14H21BrN2O3S/c1-20-12-6-7-13(15)14(10-12)17-21(18,19)9-3-2-8-16-11-4-5-11/h6-7,10-11,16-17H,2-5,8-9H2,1H3. The topological polar surface area (TPSA) is 67.4 Å². The van der Waals surface area contributed by atoms with E-state index in [-0.39, 0.29) is 5.75 Å². The Bertz CT molecular complexity index is 574. The molecular formula is C14H21BrN2O3S. The average Bonchev–Trinajstić information content (AvgIpc) is 3.24. The van der Waals surface area contributed by atoms with Crippen LogP contribution in [0.1, 0.15) is 25.7 Å². The van der Waals surface area contributed by atoms with Crippen molar-refractivity contribution >= 4 is 31.6 Å². The molecule has 2 N–H and O–H groups in total. The third kappa shape index (κ3) is 5.84. The van der Waals surface area contributed by atoms with E-state index in [4.69, 9.17) is 4.74 Å². The second-order valence-electron chi connectivity index (χ2n) is 5.20. The summed E-state index contributed by atoms with van der Waals surface area (Å²) in [6.07, 6.45) is 4.03. The summed E-state index contributed by atoms with van der Waals surface area (Å²) in [4.78, 5) is 0. The first-order valence-corrected chi connectivity index (χ1v) is 9.52. The smallest absolute Gasteiger partial charge is 0.232 e. The first-order chi connectivity index (χ1) is 10.00. The van der Waals surface area contributed by atoms with Gasteiger partial charge in [-0.25, -0.2) is 8.42 Å². The van der Waals surface area contributed by atoms with Crippen molar-refractivity contribution in [3.05, 3.63) is 22.7 Å². The SMILES string of the molecule is COc1ccc(Br)c(NS(=O)(=O)CCCCNC2CC2)c1. The van der Waals surface area contributed by atoms with Crippen molar-refractivity contribution in [2.24, 2.45) is 0 Å². The van der Waals surface area contributed by atoms with Crippen molar-refractivity contribution in [1.29, 1.82) is 0 Å². The van der Waals surface area contributed by atoms with Crippen molar-refractivity contribution in [3.8, 4) is 5.75 Å². The van der Waals surface area contributed by atoms with Gasteiger partial charge in [-0.2, -0.15) is 0 Å². The number of unbranched alkanes of at least 4 members (excludes halogenated alkanes) is 1. The summed E-state index contributed by atoms with van der Waals surface area (Å²) in [6.45, 7) is 0.892. The van der Waals surface area contributed by atoms with E-state index < -0.39 is 10.0 Å². The van der Waals surface area contributed by atoms with Crippen LogP contribution in [-0.2, 0) is 10.0 Å². The molecule has 7 heteroatoms. The molecule has 0 amide bonds. The highest BCUT2D eigenvalue weighted by Gasteiger charge is 2.19. The summed E-state index contributed by atoms with van der Waals surface area (Å²) in [6, 6.07) is 5.87. The number of ether oxygens (including phenoxy) is 1. The molecule has 0 spiro atoms. The molecule has 0 unspecified atom stereocenters. The Kier molecular flexibility index (Phi) is 5.89. The number of anilines is 1. The highest BCUT2D eigenvalue weighted by molar-refractivity contribution is 9.10. The number of sulfonamides is 1. The lowest BCUT2D eigenvalue weighted by molar-refractivity contribution is 0.415.